The first-order valence-corrected chi connectivity index (χ1v) is 12.7. The average Bonchev–Trinajstić information content (AvgIpc) is 2.99. The monoisotopic (exact) mass is 456 g/mol. The van der Waals surface area contributed by atoms with Crippen molar-refractivity contribution in [2.45, 2.75) is 89.1 Å². The zero-order valence-corrected chi connectivity index (χ0v) is 20.4. The summed E-state index contributed by atoms with van der Waals surface area (Å²) in [5.41, 5.74) is 1.28. The third-order valence-electron chi connectivity index (χ3n) is 5.83. The summed E-state index contributed by atoms with van der Waals surface area (Å²) in [4.78, 5) is 12.5. The Morgan fingerprint density at radius 3 is 2.50 bits per heavy atom. The van der Waals surface area contributed by atoms with Crippen LogP contribution in [0.5, 0.6) is 5.75 Å². The molecule has 1 aromatic heterocycles. The van der Waals surface area contributed by atoms with Gasteiger partial charge in [-0.05, 0) is 43.4 Å². The highest BCUT2D eigenvalue weighted by Gasteiger charge is 2.21. The van der Waals surface area contributed by atoms with Gasteiger partial charge in [0.1, 0.15) is 5.75 Å². The molecule has 1 aliphatic rings. The molecule has 2 aromatic rings. The molecule has 0 saturated heterocycles. The fraction of sp³-hybridized carbons (Fsp3) is 0.560. The van der Waals surface area contributed by atoms with Crippen molar-refractivity contribution >= 4 is 17.7 Å². The van der Waals surface area contributed by atoms with E-state index in [1.807, 2.05) is 29.7 Å². The van der Waals surface area contributed by atoms with Crippen LogP contribution in [0.2, 0.25) is 0 Å². The van der Waals surface area contributed by atoms with Gasteiger partial charge < -0.3 is 10.1 Å². The highest BCUT2D eigenvalue weighted by Crippen LogP contribution is 2.26. The molecule has 1 amide bonds. The van der Waals surface area contributed by atoms with Crippen molar-refractivity contribution in [2.75, 3.05) is 5.75 Å². The van der Waals surface area contributed by atoms with Gasteiger partial charge in [0.05, 0.1) is 5.75 Å². The third-order valence-corrected chi connectivity index (χ3v) is 6.80. The number of hydrogen-bond donors (Lipinski definition) is 1. The van der Waals surface area contributed by atoms with Gasteiger partial charge in [0.25, 0.3) is 0 Å². The Balaban J connectivity index is 1.61. The van der Waals surface area contributed by atoms with Crippen LogP contribution >= 0.6 is 11.8 Å². The lowest BCUT2D eigenvalue weighted by molar-refractivity contribution is -0.119. The second-order valence-corrected chi connectivity index (χ2v) is 9.71. The van der Waals surface area contributed by atoms with Gasteiger partial charge in [-0.2, -0.15) is 0 Å². The summed E-state index contributed by atoms with van der Waals surface area (Å²) in [5, 5.41) is 12.6. The smallest absolute Gasteiger partial charge is 0.230 e. The van der Waals surface area contributed by atoms with Gasteiger partial charge in [-0.25, -0.2) is 0 Å². The molecule has 1 aromatic carbocycles. The van der Waals surface area contributed by atoms with E-state index in [0.29, 0.717) is 29.4 Å². The molecule has 1 N–H and O–H groups in total. The molecule has 3 rings (SSSR count). The number of rotatable bonds is 10. The van der Waals surface area contributed by atoms with Gasteiger partial charge in [0, 0.05) is 12.6 Å². The van der Waals surface area contributed by atoms with Crippen LogP contribution in [0.1, 0.15) is 82.7 Å². The number of allylic oxidation sites excluding steroid dienone is 1. The molecule has 0 aliphatic heterocycles. The largest absolute Gasteiger partial charge is 0.483 e. The fourth-order valence-electron chi connectivity index (χ4n) is 4.02. The second kappa shape index (κ2) is 12.1. The quantitative estimate of drug-likeness (QED) is 0.284. The Morgan fingerprint density at radius 1 is 1.19 bits per heavy atom. The number of carbonyl (C=O) groups is 1. The first-order chi connectivity index (χ1) is 15.5. The van der Waals surface area contributed by atoms with Crippen molar-refractivity contribution in [1.82, 2.24) is 20.1 Å². The molecule has 1 unspecified atom stereocenters. The van der Waals surface area contributed by atoms with Gasteiger partial charge in [-0.3, -0.25) is 9.36 Å². The van der Waals surface area contributed by atoms with Gasteiger partial charge in [-0.15, -0.1) is 16.8 Å². The van der Waals surface area contributed by atoms with E-state index in [-0.39, 0.29) is 12.0 Å². The number of ether oxygens (including phenoxy) is 1. The molecule has 1 aliphatic carbocycles. The number of carbonyl (C=O) groups excluding carboxylic acids is 1. The van der Waals surface area contributed by atoms with Gasteiger partial charge in [0.2, 0.25) is 5.91 Å². The Bertz CT molecular complexity index is 871. The number of nitrogens with zero attached hydrogens (tertiary/aromatic N) is 3. The van der Waals surface area contributed by atoms with Crippen LogP contribution in [-0.2, 0) is 11.3 Å². The SMILES string of the molecule is C=CCn1c(SCC(=O)NC2CCCCCC2)nnc1C(C)Oc1ccc(C(C)C)cc1. The predicted molar refractivity (Wildman–Crippen MR) is 130 cm³/mol. The van der Waals surface area contributed by atoms with E-state index in [1.165, 1.54) is 43.0 Å². The minimum Gasteiger partial charge on any atom is -0.483 e. The lowest BCUT2D eigenvalue weighted by atomic mass is 10.0. The van der Waals surface area contributed by atoms with E-state index in [9.17, 15) is 4.79 Å². The van der Waals surface area contributed by atoms with E-state index < -0.39 is 0 Å². The highest BCUT2D eigenvalue weighted by molar-refractivity contribution is 7.99. The molecule has 0 bridgehead atoms. The van der Waals surface area contributed by atoms with Gasteiger partial charge >= 0.3 is 0 Å². The molecule has 1 heterocycles. The van der Waals surface area contributed by atoms with E-state index in [1.54, 1.807) is 0 Å². The van der Waals surface area contributed by atoms with Crippen molar-refractivity contribution < 1.29 is 9.53 Å². The zero-order valence-electron chi connectivity index (χ0n) is 19.5. The number of benzene rings is 1. The van der Waals surface area contributed by atoms with Crippen LogP contribution in [-0.4, -0.2) is 32.5 Å². The lowest BCUT2D eigenvalue weighted by Gasteiger charge is -2.17. The van der Waals surface area contributed by atoms with Crippen molar-refractivity contribution in [2.24, 2.45) is 0 Å². The van der Waals surface area contributed by atoms with Crippen molar-refractivity contribution in [3.05, 3.63) is 48.3 Å². The second-order valence-electron chi connectivity index (χ2n) is 8.77. The van der Waals surface area contributed by atoms with Crippen LogP contribution in [0.3, 0.4) is 0 Å². The summed E-state index contributed by atoms with van der Waals surface area (Å²) in [6, 6.07) is 8.48. The maximum atomic E-state index is 12.5. The van der Waals surface area contributed by atoms with Crippen molar-refractivity contribution in [3.8, 4) is 5.75 Å². The molecule has 1 fully saturated rings. The zero-order chi connectivity index (χ0) is 22.9. The average molecular weight is 457 g/mol. The van der Waals surface area contributed by atoms with Crippen molar-refractivity contribution in [3.63, 3.8) is 0 Å². The normalized spacial score (nSPS) is 15.9. The molecule has 0 spiro atoms. The number of hydrogen-bond acceptors (Lipinski definition) is 5. The summed E-state index contributed by atoms with van der Waals surface area (Å²) in [5.74, 6) is 2.40. The van der Waals surface area contributed by atoms with E-state index >= 15 is 0 Å². The predicted octanol–water partition coefficient (Wildman–Crippen LogP) is 5.66. The van der Waals surface area contributed by atoms with Gasteiger partial charge in [0.15, 0.2) is 17.1 Å². The Labute approximate surface area is 196 Å². The Hall–Kier alpha value is -2.28. The van der Waals surface area contributed by atoms with E-state index in [0.717, 1.165) is 24.4 Å². The maximum absolute atomic E-state index is 12.5. The van der Waals surface area contributed by atoms with Crippen LogP contribution in [0.25, 0.3) is 0 Å². The standard InChI is InChI=1S/C25H36N4O2S/c1-5-16-29-24(19(4)31-22-14-12-20(13-15-22)18(2)3)27-28-25(29)32-17-23(30)26-21-10-8-6-7-9-11-21/h5,12-15,18-19,21H,1,6-11,16-17H2,2-4H3,(H,26,30). The van der Waals surface area contributed by atoms with E-state index in [2.05, 4.69) is 48.1 Å². The minimum atomic E-state index is -0.276. The lowest BCUT2D eigenvalue weighted by Crippen LogP contribution is -2.35. The summed E-state index contributed by atoms with van der Waals surface area (Å²) in [6.07, 6.45) is 8.66. The molecular weight excluding hydrogens is 420 g/mol. The van der Waals surface area contributed by atoms with Crippen LogP contribution < -0.4 is 10.1 Å². The summed E-state index contributed by atoms with van der Waals surface area (Å²) >= 11 is 1.41. The molecule has 7 heteroatoms. The highest BCUT2D eigenvalue weighted by atomic mass is 32.2. The summed E-state index contributed by atoms with van der Waals surface area (Å²) in [7, 11) is 0. The number of amides is 1. The molecule has 0 radical (unpaired) electrons. The molecular formula is C25H36N4O2S. The van der Waals surface area contributed by atoms with Gasteiger partial charge in [-0.1, -0.05) is 69.5 Å². The number of aromatic nitrogens is 3. The number of nitrogens with one attached hydrogen (secondary N) is 1. The molecule has 174 valence electrons. The first-order valence-electron chi connectivity index (χ1n) is 11.7. The summed E-state index contributed by atoms with van der Waals surface area (Å²) < 4.78 is 8.10. The number of thioether (sulfide) groups is 1. The summed E-state index contributed by atoms with van der Waals surface area (Å²) in [6.45, 7) is 10.7. The Kier molecular flexibility index (Phi) is 9.21. The van der Waals surface area contributed by atoms with Crippen molar-refractivity contribution in [1.29, 1.82) is 0 Å². The molecule has 32 heavy (non-hydrogen) atoms. The van der Waals surface area contributed by atoms with Crippen LogP contribution in [0, 0.1) is 0 Å². The van der Waals surface area contributed by atoms with Crippen LogP contribution in [0.15, 0.2) is 42.1 Å². The molecule has 1 saturated carbocycles. The topological polar surface area (TPSA) is 69.0 Å². The minimum absolute atomic E-state index is 0.0612. The fourth-order valence-corrected chi connectivity index (χ4v) is 4.79. The van der Waals surface area contributed by atoms with E-state index in [4.69, 9.17) is 4.74 Å². The third kappa shape index (κ3) is 6.86. The Morgan fingerprint density at radius 2 is 1.88 bits per heavy atom. The molecule has 1 atom stereocenters. The molecule has 6 nitrogen and oxygen atoms in total. The first kappa shape index (κ1) is 24.4. The maximum Gasteiger partial charge on any atom is 0.230 e. The van der Waals surface area contributed by atoms with Crippen LogP contribution in [0.4, 0.5) is 0 Å².